The van der Waals surface area contributed by atoms with Gasteiger partial charge in [-0.2, -0.15) is 0 Å². The van der Waals surface area contributed by atoms with Gasteiger partial charge in [0.1, 0.15) is 13.2 Å². The van der Waals surface area contributed by atoms with E-state index in [-0.39, 0.29) is 31.1 Å². The second-order valence-corrected chi connectivity index (χ2v) is 22.0. The standard InChI is InChI=1S/C75H124O6/c1-4-7-10-13-16-19-22-25-27-28-29-30-31-32-33-34-35-36-37-38-39-40-41-42-43-44-45-46-48-50-53-56-59-62-65-68-74(77)80-71-72(70-79-73(76)67-64-61-58-55-52-49-24-21-18-15-12-9-6-3)81-75(78)69-66-63-60-57-54-51-47-26-23-20-17-14-11-8-5-2/h7,10,12,15-16,19,21,24-25,27,29-30,32-33,35-36,38-39,41-42,44-45,72H,4-6,8-9,11,13-14,17-18,20,22-23,26,28,31,34,37,40,43,46-71H2,1-3H3/b10-7-,15-12-,19-16-,24-21-,27-25-,30-29-,33-32-,36-35-,39-38-,42-41-,45-44-. The zero-order valence-corrected chi connectivity index (χ0v) is 52.8. The molecule has 0 aliphatic rings. The van der Waals surface area contributed by atoms with E-state index in [2.05, 4.69) is 154 Å². The molecule has 0 amide bonds. The Labute approximate surface area is 500 Å². The maximum atomic E-state index is 12.9. The predicted octanol–water partition coefficient (Wildman–Crippen LogP) is 23.3. The first kappa shape index (κ1) is 76.5. The molecule has 0 rings (SSSR count). The molecule has 0 aromatic rings. The monoisotopic (exact) mass is 1120 g/mol. The molecule has 6 nitrogen and oxygen atoms in total. The SMILES string of the molecule is CC/C=C\C/C=C\C/C=C\C/C=C\C/C=C\C/C=C\C/C=C\C/C=C\C/C=C\CCCCCCCCCC(=O)OCC(COC(=O)CCCCCCC/C=C\C/C=C\CCC)OC(=O)CCCCCCCCCCCCCCCCC. The van der Waals surface area contributed by atoms with Crippen molar-refractivity contribution in [1.29, 1.82) is 0 Å². The van der Waals surface area contributed by atoms with Gasteiger partial charge in [-0.25, -0.2) is 0 Å². The lowest BCUT2D eigenvalue weighted by atomic mass is 10.0. The van der Waals surface area contributed by atoms with Crippen LogP contribution in [0.25, 0.3) is 0 Å². The molecule has 0 aromatic heterocycles. The van der Waals surface area contributed by atoms with E-state index in [0.29, 0.717) is 19.3 Å². The number of hydrogen-bond acceptors (Lipinski definition) is 6. The number of hydrogen-bond donors (Lipinski definition) is 0. The zero-order valence-electron chi connectivity index (χ0n) is 52.8. The van der Waals surface area contributed by atoms with Crippen molar-refractivity contribution in [2.45, 2.75) is 309 Å². The molecule has 0 bridgehead atoms. The summed E-state index contributed by atoms with van der Waals surface area (Å²) < 4.78 is 16.9. The molecule has 0 fully saturated rings. The van der Waals surface area contributed by atoms with Crippen LogP contribution in [0.4, 0.5) is 0 Å². The van der Waals surface area contributed by atoms with Gasteiger partial charge in [-0.3, -0.25) is 14.4 Å². The molecule has 0 saturated heterocycles. The van der Waals surface area contributed by atoms with Crippen molar-refractivity contribution < 1.29 is 28.6 Å². The highest BCUT2D eigenvalue weighted by molar-refractivity contribution is 5.71. The van der Waals surface area contributed by atoms with Gasteiger partial charge in [0.05, 0.1) is 0 Å². The first-order chi connectivity index (χ1) is 40.0. The van der Waals surface area contributed by atoms with E-state index >= 15 is 0 Å². The second-order valence-electron chi connectivity index (χ2n) is 22.0. The van der Waals surface area contributed by atoms with Crippen LogP contribution in [0, 0.1) is 0 Å². The van der Waals surface area contributed by atoms with Gasteiger partial charge in [-0.1, -0.05) is 302 Å². The molecule has 0 saturated carbocycles. The van der Waals surface area contributed by atoms with E-state index in [4.69, 9.17) is 14.2 Å². The minimum atomic E-state index is -0.791. The highest BCUT2D eigenvalue weighted by Gasteiger charge is 2.19. The fourth-order valence-electron chi connectivity index (χ4n) is 9.12. The molecule has 0 aliphatic heterocycles. The molecule has 0 radical (unpaired) electrons. The lowest BCUT2D eigenvalue weighted by Crippen LogP contribution is -2.30. The van der Waals surface area contributed by atoms with Crippen molar-refractivity contribution in [3.05, 3.63) is 134 Å². The fourth-order valence-corrected chi connectivity index (χ4v) is 9.12. The molecular weight excluding hydrogens is 997 g/mol. The van der Waals surface area contributed by atoms with Crippen molar-refractivity contribution in [2.75, 3.05) is 13.2 Å². The number of rotatable bonds is 60. The molecular formula is C75H124O6. The number of allylic oxidation sites excluding steroid dienone is 22. The van der Waals surface area contributed by atoms with Crippen LogP contribution in [0.5, 0.6) is 0 Å². The van der Waals surface area contributed by atoms with Crippen LogP contribution in [-0.4, -0.2) is 37.2 Å². The van der Waals surface area contributed by atoms with Crippen LogP contribution in [0.2, 0.25) is 0 Å². The summed E-state index contributed by atoms with van der Waals surface area (Å²) >= 11 is 0. The molecule has 0 aliphatic carbocycles. The summed E-state index contributed by atoms with van der Waals surface area (Å²) in [5, 5.41) is 0. The summed E-state index contributed by atoms with van der Waals surface area (Å²) in [5.74, 6) is -0.906. The normalized spacial score (nSPS) is 13.0. The van der Waals surface area contributed by atoms with Crippen LogP contribution in [0.1, 0.15) is 303 Å². The summed E-state index contributed by atoms with van der Waals surface area (Å²) in [6, 6.07) is 0. The first-order valence-corrected chi connectivity index (χ1v) is 33.7. The Balaban J connectivity index is 4.26. The van der Waals surface area contributed by atoms with Crippen LogP contribution >= 0.6 is 0 Å². The Morgan fingerprint density at radius 2 is 0.506 bits per heavy atom. The van der Waals surface area contributed by atoms with E-state index in [0.717, 1.165) is 154 Å². The van der Waals surface area contributed by atoms with Crippen LogP contribution in [0.3, 0.4) is 0 Å². The van der Waals surface area contributed by atoms with Crippen LogP contribution in [-0.2, 0) is 28.6 Å². The lowest BCUT2D eigenvalue weighted by molar-refractivity contribution is -0.167. The topological polar surface area (TPSA) is 78.9 Å². The Kier molecular flexibility index (Phi) is 64.3. The van der Waals surface area contributed by atoms with E-state index in [1.165, 1.54) is 109 Å². The maximum absolute atomic E-state index is 12.9. The fraction of sp³-hybridized carbons (Fsp3) is 0.667. The summed E-state index contributed by atoms with van der Waals surface area (Å²) in [6.07, 6.45) is 96.1. The summed E-state index contributed by atoms with van der Waals surface area (Å²) in [7, 11) is 0. The molecule has 0 N–H and O–H groups in total. The van der Waals surface area contributed by atoms with E-state index in [1.54, 1.807) is 0 Å². The van der Waals surface area contributed by atoms with E-state index in [1.807, 2.05) is 0 Å². The van der Waals surface area contributed by atoms with Gasteiger partial charge in [0.2, 0.25) is 0 Å². The second kappa shape index (κ2) is 68.1. The molecule has 460 valence electrons. The van der Waals surface area contributed by atoms with Crippen molar-refractivity contribution in [3.8, 4) is 0 Å². The third-order valence-electron chi connectivity index (χ3n) is 14.1. The van der Waals surface area contributed by atoms with Gasteiger partial charge >= 0.3 is 17.9 Å². The third kappa shape index (κ3) is 66.2. The van der Waals surface area contributed by atoms with Gasteiger partial charge in [-0.15, -0.1) is 0 Å². The van der Waals surface area contributed by atoms with Crippen molar-refractivity contribution in [2.24, 2.45) is 0 Å². The Hall–Kier alpha value is -4.45. The number of unbranched alkanes of at least 4 members (excludes halogenated alkanes) is 27. The molecule has 0 aromatic carbocycles. The van der Waals surface area contributed by atoms with Crippen LogP contribution < -0.4 is 0 Å². The Morgan fingerprint density at radius 3 is 0.802 bits per heavy atom. The maximum Gasteiger partial charge on any atom is 0.306 e. The summed E-state index contributed by atoms with van der Waals surface area (Å²) in [4.78, 5) is 38.3. The Morgan fingerprint density at radius 1 is 0.259 bits per heavy atom. The van der Waals surface area contributed by atoms with E-state index in [9.17, 15) is 14.4 Å². The number of carbonyl (C=O) groups is 3. The van der Waals surface area contributed by atoms with Crippen molar-refractivity contribution in [1.82, 2.24) is 0 Å². The number of carbonyl (C=O) groups excluding carboxylic acids is 3. The number of esters is 3. The molecule has 1 atom stereocenters. The highest BCUT2D eigenvalue weighted by atomic mass is 16.6. The molecule has 6 heteroatoms. The minimum Gasteiger partial charge on any atom is -0.462 e. The lowest BCUT2D eigenvalue weighted by Gasteiger charge is -2.18. The van der Waals surface area contributed by atoms with Crippen molar-refractivity contribution >= 4 is 17.9 Å². The highest BCUT2D eigenvalue weighted by Crippen LogP contribution is 2.16. The van der Waals surface area contributed by atoms with Gasteiger partial charge in [0.25, 0.3) is 0 Å². The van der Waals surface area contributed by atoms with Crippen molar-refractivity contribution in [3.63, 3.8) is 0 Å². The average molecular weight is 1120 g/mol. The minimum absolute atomic E-state index is 0.0886. The molecule has 1 unspecified atom stereocenters. The zero-order chi connectivity index (χ0) is 58.5. The van der Waals surface area contributed by atoms with Gasteiger partial charge in [-0.05, 0) is 116 Å². The van der Waals surface area contributed by atoms with Gasteiger partial charge < -0.3 is 14.2 Å². The molecule has 0 spiro atoms. The number of ether oxygens (including phenoxy) is 3. The largest absolute Gasteiger partial charge is 0.462 e. The quantitative estimate of drug-likeness (QED) is 0.0261. The van der Waals surface area contributed by atoms with Gasteiger partial charge in [0.15, 0.2) is 6.10 Å². The first-order valence-electron chi connectivity index (χ1n) is 33.7. The average Bonchev–Trinajstić information content (AvgIpc) is 3.46. The Bertz CT molecular complexity index is 1720. The van der Waals surface area contributed by atoms with Gasteiger partial charge in [0, 0.05) is 19.3 Å². The summed E-state index contributed by atoms with van der Waals surface area (Å²) in [6.45, 7) is 6.46. The molecule has 81 heavy (non-hydrogen) atoms. The van der Waals surface area contributed by atoms with Crippen LogP contribution in [0.15, 0.2) is 134 Å². The molecule has 0 heterocycles. The predicted molar refractivity (Wildman–Crippen MR) is 353 cm³/mol. The smallest absolute Gasteiger partial charge is 0.306 e. The summed E-state index contributed by atoms with van der Waals surface area (Å²) in [5.41, 5.74) is 0. The third-order valence-corrected chi connectivity index (χ3v) is 14.1. The van der Waals surface area contributed by atoms with E-state index < -0.39 is 6.10 Å².